The minimum Gasteiger partial charge on any atom is -0.490 e. The quantitative estimate of drug-likeness (QED) is 0.564. The van der Waals surface area contributed by atoms with Crippen molar-refractivity contribution < 1.29 is 9.47 Å². The molecule has 0 bridgehead atoms. The highest BCUT2D eigenvalue weighted by Crippen LogP contribution is 2.37. The molecule has 0 aliphatic carbocycles. The summed E-state index contributed by atoms with van der Waals surface area (Å²) in [4.78, 5) is 0. The van der Waals surface area contributed by atoms with Crippen LogP contribution in [0.5, 0.6) is 11.5 Å². The Morgan fingerprint density at radius 3 is 2.60 bits per heavy atom. The van der Waals surface area contributed by atoms with Crippen molar-refractivity contribution in [2.24, 2.45) is 5.10 Å². The normalized spacial score (nSPS) is 11.0. The first kappa shape index (κ1) is 17.2. The van der Waals surface area contributed by atoms with Crippen LogP contribution in [0.4, 0.5) is 0 Å². The number of nitrogens with zero attached hydrogens (tertiary/aromatic N) is 4. The number of hydrogen-bond donors (Lipinski definition) is 0. The van der Waals surface area contributed by atoms with Crippen molar-refractivity contribution in [2.45, 2.75) is 13.5 Å². The van der Waals surface area contributed by atoms with Gasteiger partial charge in [0.1, 0.15) is 19.3 Å². The maximum absolute atomic E-state index is 5.97. The molecule has 0 radical (unpaired) electrons. The third kappa shape index (κ3) is 4.67. The van der Waals surface area contributed by atoms with Crippen LogP contribution in [-0.2, 0) is 6.61 Å². The topological polar surface area (TPSA) is 61.5 Å². The van der Waals surface area contributed by atoms with Crippen LogP contribution >= 0.6 is 15.9 Å². The first-order chi connectivity index (χ1) is 12.3. The Morgan fingerprint density at radius 1 is 1.12 bits per heavy atom. The first-order valence-corrected chi connectivity index (χ1v) is 8.57. The molecule has 0 N–H and O–H groups in total. The third-order valence-corrected chi connectivity index (χ3v) is 3.89. The fraction of sp³-hybridized carbons (Fsp3) is 0.167. The summed E-state index contributed by atoms with van der Waals surface area (Å²) >= 11 is 3.56. The summed E-state index contributed by atoms with van der Waals surface area (Å²) in [7, 11) is 0. The summed E-state index contributed by atoms with van der Waals surface area (Å²) in [6.07, 6.45) is 4.75. The molecule has 0 unspecified atom stereocenters. The number of ether oxygens (including phenoxy) is 2. The molecule has 0 saturated heterocycles. The fourth-order valence-electron chi connectivity index (χ4n) is 2.18. The van der Waals surface area contributed by atoms with E-state index in [-0.39, 0.29) is 0 Å². The number of hydrogen-bond acceptors (Lipinski definition) is 5. The van der Waals surface area contributed by atoms with Crippen molar-refractivity contribution in [3.8, 4) is 11.5 Å². The maximum atomic E-state index is 5.97. The Hall–Kier alpha value is -2.67. The van der Waals surface area contributed by atoms with E-state index in [0.717, 1.165) is 15.6 Å². The molecule has 1 aromatic heterocycles. The Labute approximate surface area is 154 Å². The zero-order valence-corrected chi connectivity index (χ0v) is 15.3. The van der Waals surface area contributed by atoms with E-state index in [2.05, 4.69) is 31.2 Å². The zero-order valence-electron chi connectivity index (χ0n) is 13.7. The van der Waals surface area contributed by atoms with Crippen molar-refractivity contribution in [3.05, 3.63) is 70.7 Å². The second-order valence-corrected chi connectivity index (χ2v) is 5.98. The molecule has 7 heteroatoms. The molecule has 0 spiro atoms. The maximum Gasteiger partial charge on any atom is 0.175 e. The van der Waals surface area contributed by atoms with Crippen molar-refractivity contribution >= 4 is 22.1 Å². The molecule has 0 saturated carbocycles. The van der Waals surface area contributed by atoms with Crippen LogP contribution in [0, 0.1) is 0 Å². The summed E-state index contributed by atoms with van der Waals surface area (Å²) in [6, 6.07) is 13.8. The SMILES string of the molecule is CCOc1cc(/C=N/n2cnnc2)cc(Br)c1OCc1ccccc1. The van der Waals surface area contributed by atoms with Gasteiger partial charge in [0.25, 0.3) is 0 Å². The molecule has 6 nitrogen and oxygen atoms in total. The number of halogens is 1. The molecule has 2 aromatic carbocycles. The minimum absolute atomic E-state index is 0.466. The van der Waals surface area contributed by atoms with Crippen LogP contribution in [0.3, 0.4) is 0 Å². The van der Waals surface area contributed by atoms with E-state index in [9.17, 15) is 0 Å². The summed E-state index contributed by atoms with van der Waals surface area (Å²) < 4.78 is 14.0. The van der Waals surface area contributed by atoms with Crippen molar-refractivity contribution in [1.82, 2.24) is 14.9 Å². The molecule has 0 amide bonds. The summed E-state index contributed by atoms with van der Waals surface area (Å²) in [5.41, 5.74) is 1.96. The van der Waals surface area contributed by atoms with E-state index in [1.165, 1.54) is 17.3 Å². The molecule has 0 aliphatic heterocycles. The largest absolute Gasteiger partial charge is 0.490 e. The number of aromatic nitrogens is 3. The summed E-state index contributed by atoms with van der Waals surface area (Å²) in [5.74, 6) is 1.34. The van der Waals surface area contributed by atoms with Gasteiger partial charge in [-0.3, -0.25) is 0 Å². The van der Waals surface area contributed by atoms with Crippen LogP contribution in [0.1, 0.15) is 18.1 Å². The molecule has 128 valence electrons. The van der Waals surface area contributed by atoms with Crippen molar-refractivity contribution in [2.75, 3.05) is 6.61 Å². The van der Waals surface area contributed by atoms with Crippen molar-refractivity contribution in [1.29, 1.82) is 0 Å². The van der Waals surface area contributed by atoms with E-state index in [4.69, 9.17) is 9.47 Å². The standard InChI is InChI=1S/C18H17BrN4O2/c1-2-24-17-9-15(10-22-23-12-20-21-13-23)8-16(19)18(17)25-11-14-6-4-3-5-7-14/h3-10,12-13H,2,11H2,1H3/b22-10+. The Balaban J connectivity index is 1.82. The highest BCUT2D eigenvalue weighted by atomic mass is 79.9. The van der Waals surface area contributed by atoms with Gasteiger partial charge in [-0.05, 0) is 46.1 Å². The van der Waals surface area contributed by atoms with E-state index >= 15 is 0 Å². The lowest BCUT2D eigenvalue weighted by Gasteiger charge is -2.14. The molecule has 25 heavy (non-hydrogen) atoms. The first-order valence-electron chi connectivity index (χ1n) is 7.78. The van der Waals surface area contributed by atoms with Gasteiger partial charge in [0.05, 0.1) is 17.3 Å². The average molecular weight is 401 g/mol. The van der Waals surface area contributed by atoms with Gasteiger partial charge in [-0.25, -0.2) is 4.68 Å². The molecule has 0 aliphatic rings. The Kier molecular flexibility index (Phi) is 5.79. The van der Waals surface area contributed by atoms with Gasteiger partial charge >= 0.3 is 0 Å². The summed E-state index contributed by atoms with van der Waals surface area (Å²) in [6.45, 7) is 2.95. The lowest BCUT2D eigenvalue weighted by molar-refractivity contribution is 0.267. The number of benzene rings is 2. The van der Waals surface area contributed by atoms with Gasteiger partial charge in [0.15, 0.2) is 11.5 Å². The summed E-state index contributed by atoms with van der Waals surface area (Å²) in [5, 5.41) is 11.7. The van der Waals surface area contributed by atoms with Crippen molar-refractivity contribution in [3.63, 3.8) is 0 Å². The van der Waals surface area contributed by atoms with Crippen LogP contribution in [0.25, 0.3) is 0 Å². The molecule has 1 heterocycles. The Morgan fingerprint density at radius 2 is 1.88 bits per heavy atom. The molecular formula is C18H17BrN4O2. The highest BCUT2D eigenvalue weighted by Gasteiger charge is 2.12. The van der Waals surface area contributed by atoms with Crippen LogP contribution < -0.4 is 9.47 Å². The van der Waals surface area contributed by atoms with Gasteiger partial charge in [-0.1, -0.05) is 30.3 Å². The van der Waals surface area contributed by atoms with E-state index in [1.807, 2.05) is 49.4 Å². The molecule has 3 rings (SSSR count). The van der Waals surface area contributed by atoms with Crippen LogP contribution in [0.15, 0.2) is 64.7 Å². The molecule has 0 atom stereocenters. The minimum atomic E-state index is 0.466. The molecule has 0 fully saturated rings. The van der Waals surface area contributed by atoms with E-state index in [0.29, 0.717) is 24.7 Å². The number of rotatable bonds is 7. The lowest BCUT2D eigenvalue weighted by Crippen LogP contribution is -2.01. The smallest absolute Gasteiger partial charge is 0.175 e. The van der Waals surface area contributed by atoms with Crippen LogP contribution in [0.2, 0.25) is 0 Å². The van der Waals surface area contributed by atoms with E-state index in [1.54, 1.807) is 6.21 Å². The van der Waals surface area contributed by atoms with Gasteiger partial charge in [-0.15, -0.1) is 10.2 Å². The molecular weight excluding hydrogens is 384 g/mol. The average Bonchev–Trinajstić information content (AvgIpc) is 3.14. The monoisotopic (exact) mass is 400 g/mol. The fourth-order valence-corrected chi connectivity index (χ4v) is 2.76. The zero-order chi connectivity index (χ0) is 17.5. The predicted molar refractivity (Wildman–Crippen MR) is 99.1 cm³/mol. The van der Waals surface area contributed by atoms with Gasteiger partial charge in [-0.2, -0.15) is 5.10 Å². The predicted octanol–water partition coefficient (Wildman–Crippen LogP) is 3.90. The molecule has 3 aromatic rings. The van der Waals surface area contributed by atoms with Gasteiger partial charge in [0.2, 0.25) is 0 Å². The third-order valence-electron chi connectivity index (χ3n) is 3.30. The highest BCUT2D eigenvalue weighted by molar-refractivity contribution is 9.10. The van der Waals surface area contributed by atoms with Crippen LogP contribution in [-0.4, -0.2) is 27.7 Å². The second kappa shape index (κ2) is 8.43. The van der Waals surface area contributed by atoms with Gasteiger partial charge in [0, 0.05) is 0 Å². The van der Waals surface area contributed by atoms with Gasteiger partial charge < -0.3 is 9.47 Å². The Bertz CT molecular complexity index is 836. The van der Waals surface area contributed by atoms with E-state index < -0.39 is 0 Å². The second-order valence-electron chi connectivity index (χ2n) is 5.12. The lowest BCUT2D eigenvalue weighted by atomic mass is 10.2.